The van der Waals surface area contributed by atoms with E-state index in [1.165, 1.54) is 7.11 Å². The van der Waals surface area contributed by atoms with E-state index in [1.54, 1.807) is 0 Å². The summed E-state index contributed by atoms with van der Waals surface area (Å²) in [5.41, 5.74) is 6.24. The number of imidazole rings is 1. The molecule has 3 N–H and O–H groups in total. The Hall–Kier alpha value is -1.56. The van der Waals surface area contributed by atoms with Crippen LogP contribution in [0.1, 0.15) is 61.4 Å². The molecule has 1 fully saturated rings. The highest BCUT2D eigenvalue weighted by Crippen LogP contribution is 2.32. The summed E-state index contributed by atoms with van der Waals surface area (Å²) in [5, 5.41) is 10.3. The third-order valence-electron chi connectivity index (χ3n) is 3.99. The van der Waals surface area contributed by atoms with Gasteiger partial charge in [-0.25, -0.2) is 9.78 Å². The largest absolute Gasteiger partial charge is 0.464 e. The van der Waals surface area contributed by atoms with Crippen LogP contribution >= 0.6 is 0 Å². The van der Waals surface area contributed by atoms with E-state index in [4.69, 9.17) is 10.5 Å². The summed E-state index contributed by atoms with van der Waals surface area (Å²) < 4.78 is 6.55. The number of carbonyl (C=O) groups excluding carboxylic acids is 1. The number of hydrogen-bond acceptors (Lipinski definition) is 5. The van der Waals surface area contributed by atoms with Gasteiger partial charge in [0.2, 0.25) is 0 Å². The molecule has 6 nitrogen and oxygen atoms in total. The monoisotopic (exact) mass is 281 g/mol. The average molecular weight is 281 g/mol. The van der Waals surface area contributed by atoms with Crippen molar-refractivity contribution in [1.29, 1.82) is 0 Å². The van der Waals surface area contributed by atoms with Gasteiger partial charge in [0.15, 0.2) is 5.69 Å². The van der Waals surface area contributed by atoms with Crippen LogP contribution in [0.2, 0.25) is 0 Å². The maximum atomic E-state index is 11.7. The molecule has 1 aromatic rings. The van der Waals surface area contributed by atoms with E-state index in [1.807, 2.05) is 11.5 Å². The van der Waals surface area contributed by atoms with Gasteiger partial charge in [-0.1, -0.05) is 26.2 Å². The molecule has 0 radical (unpaired) electrons. The number of hydrogen-bond donors (Lipinski definition) is 2. The molecular formula is C14H23N3O3. The van der Waals surface area contributed by atoms with E-state index in [0.29, 0.717) is 12.2 Å². The number of methoxy groups -OCH3 is 1. The van der Waals surface area contributed by atoms with Crippen molar-refractivity contribution in [2.24, 2.45) is 0 Å². The predicted molar refractivity (Wildman–Crippen MR) is 75.5 cm³/mol. The molecule has 1 aliphatic rings. The molecule has 1 heterocycles. The number of carbonyl (C=O) groups is 1. The van der Waals surface area contributed by atoms with Gasteiger partial charge >= 0.3 is 5.97 Å². The van der Waals surface area contributed by atoms with Gasteiger partial charge in [-0.2, -0.15) is 0 Å². The molecular weight excluding hydrogens is 258 g/mol. The second kappa shape index (κ2) is 6.26. The molecule has 0 aromatic carbocycles. The van der Waals surface area contributed by atoms with Crippen molar-refractivity contribution in [3.63, 3.8) is 0 Å². The Balaban J connectivity index is 2.43. The fourth-order valence-corrected chi connectivity index (χ4v) is 2.93. The zero-order valence-electron chi connectivity index (χ0n) is 12.1. The lowest BCUT2D eigenvalue weighted by molar-refractivity contribution is 0.0595. The van der Waals surface area contributed by atoms with Crippen LogP contribution in [0.15, 0.2) is 0 Å². The average Bonchev–Trinajstić information content (AvgIpc) is 2.63. The summed E-state index contributed by atoms with van der Waals surface area (Å²) in [6.45, 7) is 1.96. The van der Waals surface area contributed by atoms with E-state index in [-0.39, 0.29) is 11.7 Å². The van der Waals surface area contributed by atoms with Crippen molar-refractivity contribution in [3.8, 4) is 0 Å². The first-order valence-electron chi connectivity index (χ1n) is 7.23. The van der Waals surface area contributed by atoms with Crippen LogP contribution in [-0.4, -0.2) is 33.8 Å². The van der Waals surface area contributed by atoms with Crippen molar-refractivity contribution in [2.45, 2.75) is 57.6 Å². The summed E-state index contributed by atoms with van der Waals surface area (Å²) in [6, 6.07) is -0.0987. The van der Waals surface area contributed by atoms with Crippen LogP contribution in [0.5, 0.6) is 0 Å². The van der Waals surface area contributed by atoms with E-state index >= 15 is 0 Å². The SMILES string of the molecule is CCc1nc(C(=O)OC)c(N)n1C1CCCCCC1O. The smallest absolute Gasteiger partial charge is 0.360 e. The second-order valence-electron chi connectivity index (χ2n) is 5.25. The minimum Gasteiger partial charge on any atom is -0.464 e. The first-order chi connectivity index (χ1) is 9.60. The van der Waals surface area contributed by atoms with Gasteiger partial charge in [-0.05, 0) is 12.8 Å². The van der Waals surface area contributed by atoms with Crippen LogP contribution in [0.4, 0.5) is 5.82 Å². The molecule has 0 bridgehead atoms. The van der Waals surface area contributed by atoms with Crippen molar-refractivity contribution >= 4 is 11.8 Å². The molecule has 1 aromatic heterocycles. The zero-order valence-corrected chi connectivity index (χ0v) is 12.1. The summed E-state index contributed by atoms with van der Waals surface area (Å²) in [6.07, 6.45) is 5.03. The van der Waals surface area contributed by atoms with Gasteiger partial charge in [0.05, 0.1) is 19.3 Å². The number of ether oxygens (including phenoxy) is 1. The number of aromatic nitrogens is 2. The van der Waals surface area contributed by atoms with Gasteiger partial charge in [0, 0.05) is 6.42 Å². The van der Waals surface area contributed by atoms with Gasteiger partial charge < -0.3 is 20.1 Å². The standard InChI is InChI=1S/C14H23N3O3/c1-3-11-16-12(14(19)20-2)13(15)17(11)9-7-5-4-6-8-10(9)18/h9-10,18H,3-8,15H2,1-2H3. The maximum Gasteiger partial charge on any atom is 0.360 e. The fourth-order valence-electron chi connectivity index (χ4n) is 2.93. The van der Waals surface area contributed by atoms with E-state index in [0.717, 1.165) is 37.9 Å². The van der Waals surface area contributed by atoms with Gasteiger partial charge in [0.25, 0.3) is 0 Å². The number of rotatable bonds is 3. The maximum absolute atomic E-state index is 11.7. The Bertz CT molecular complexity index is 484. The van der Waals surface area contributed by atoms with Crippen molar-refractivity contribution in [2.75, 3.05) is 12.8 Å². The molecule has 2 unspecified atom stereocenters. The van der Waals surface area contributed by atoms with Gasteiger partial charge in [-0.3, -0.25) is 0 Å². The molecule has 1 saturated carbocycles. The summed E-state index contributed by atoms with van der Waals surface area (Å²) in [7, 11) is 1.31. The lowest BCUT2D eigenvalue weighted by atomic mass is 10.1. The molecule has 2 atom stereocenters. The number of esters is 1. The lowest BCUT2D eigenvalue weighted by Gasteiger charge is -2.24. The van der Waals surface area contributed by atoms with Crippen molar-refractivity contribution in [1.82, 2.24) is 9.55 Å². The third-order valence-corrected chi connectivity index (χ3v) is 3.99. The molecule has 0 aliphatic heterocycles. The topological polar surface area (TPSA) is 90.4 Å². The number of nitrogen functional groups attached to an aromatic ring is 1. The molecule has 0 spiro atoms. The number of aliphatic hydroxyl groups excluding tert-OH is 1. The highest BCUT2D eigenvalue weighted by Gasteiger charge is 2.30. The third kappa shape index (κ3) is 2.65. The Labute approximate surface area is 118 Å². The van der Waals surface area contributed by atoms with E-state index < -0.39 is 12.1 Å². The molecule has 2 rings (SSSR count). The first-order valence-corrected chi connectivity index (χ1v) is 7.23. The predicted octanol–water partition coefficient (Wildman–Crippen LogP) is 1.68. The van der Waals surface area contributed by atoms with Crippen LogP contribution in [0, 0.1) is 0 Å². The minimum absolute atomic E-state index is 0.0987. The molecule has 6 heteroatoms. The number of anilines is 1. The highest BCUT2D eigenvalue weighted by atomic mass is 16.5. The summed E-state index contributed by atoms with van der Waals surface area (Å²) >= 11 is 0. The number of nitrogens with zero attached hydrogens (tertiary/aromatic N) is 2. The fraction of sp³-hybridized carbons (Fsp3) is 0.714. The molecule has 0 saturated heterocycles. The first kappa shape index (κ1) is 14.8. The highest BCUT2D eigenvalue weighted by molar-refractivity contribution is 5.92. The van der Waals surface area contributed by atoms with Gasteiger partial charge in [0.1, 0.15) is 11.6 Å². The normalized spacial score (nSPS) is 23.4. The van der Waals surface area contributed by atoms with Crippen LogP contribution in [0.25, 0.3) is 0 Å². The Morgan fingerprint density at radius 2 is 2.15 bits per heavy atom. The summed E-state index contributed by atoms with van der Waals surface area (Å²) in [4.78, 5) is 16.0. The van der Waals surface area contributed by atoms with Crippen LogP contribution in [0.3, 0.4) is 0 Å². The molecule has 0 amide bonds. The lowest BCUT2D eigenvalue weighted by Crippen LogP contribution is -2.25. The molecule has 112 valence electrons. The van der Waals surface area contributed by atoms with Crippen molar-refractivity contribution in [3.05, 3.63) is 11.5 Å². The Kier molecular flexibility index (Phi) is 4.65. The van der Waals surface area contributed by atoms with Crippen molar-refractivity contribution < 1.29 is 14.6 Å². The number of aliphatic hydroxyl groups is 1. The minimum atomic E-state index is -0.529. The quantitative estimate of drug-likeness (QED) is 0.650. The number of aryl methyl sites for hydroxylation is 1. The van der Waals surface area contributed by atoms with Crippen LogP contribution in [-0.2, 0) is 11.2 Å². The zero-order chi connectivity index (χ0) is 14.7. The number of nitrogens with two attached hydrogens (primary N) is 1. The Morgan fingerprint density at radius 1 is 1.45 bits per heavy atom. The summed E-state index contributed by atoms with van der Waals surface area (Å²) in [5.74, 6) is 0.507. The van der Waals surface area contributed by atoms with Gasteiger partial charge in [-0.15, -0.1) is 0 Å². The molecule has 20 heavy (non-hydrogen) atoms. The second-order valence-corrected chi connectivity index (χ2v) is 5.25. The van der Waals surface area contributed by atoms with E-state index in [9.17, 15) is 9.90 Å². The Morgan fingerprint density at radius 3 is 2.80 bits per heavy atom. The molecule has 1 aliphatic carbocycles. The van der Waals surface area contributed by atoms with E-state index in [2.05, 4.69) is 4.98 Å². The van der Waals surface area contributed by atoms with Crippen LogP contribution < -0.4 is 5.73 Å².